The van der Waals surface area contributed by atoms with Crippen molar-refractivity contribution in [1.82, 2.24) is 5.32 Å². The molecule has 2 amide bonds. The molecule has 18 heavy (non-hydrogen) atoms. The van der Waals surface area contributed by atoms with Gasteiger partial charge >= 0.3 is 6.03 Å². The summed E-state index contributed by atoms with van der Waals surface area (Å²) in [6, 6.07) is 4.76. The van der Waals surface area contributed by atoms with E-state index in [1.807, 2.05) is 0 Å². The summed E-state index contributed by atoms with van der Waals surface area (Å²) in [5.74, 6) is 1.19. The summed E-state index contributed by atoms with van der Waals surface area (Å²) in [5, 5.41) is 13.9. The average Bonchev–Trinajstić information content (AvgIpc) is 2.38. The van der Waals surface area contributed by atoms with Gasteiger partial charge in [0.05, 0.1) is 14.2 Å². The van der Waals surface area contributed by atoms with Gasteiger partial charge < -0.3 is 25.2 Å². The number of carbonyl (C=O) groups is 1. The first kappa shape index (κ1) is 14.1. The van der Waals surface area contributed by atoms with E-state index in [0.717, 1.165) is 0 Å². The van der Waals surface area contributed by atoms with E-state index < -0.39 is 0 Å². The van der Waals surface area contributed by atoms with Gasteiger partial charge in [-0.1, -0.05) is 0 Å². The summed E-state index contributed by atoms with van der Waals surface area (Å²) in [6.45, 7) is 0.469. The lowest BCUT2D eigenvalue weighted by Crippen LogP contribution is -2.29. The minimum atomic E-state index is -0.334. The van der Waals surface area contributed by atoms with E-state index in [0.29, 0.717) is 30.2 Å². The molecule has 6 heteroatoms. The maximum atomic E-state index is 11.5. The zero-order valence-electron chi connectivity index (χ0n) is 10.5. The fourth-order valence-electron chi connectivity index (χ4n) is 1.34. The molecule has 0 saturated carbocycles. The normalized spacial score (nSPS) is 9.72. The zero-order chi connectivity index (χ0) is 13.4. The van der Waals surface area contributed by atoms with Crippen LogP contribution in [0.3, 0.4) is 0 Å². The fourth-order valence-corrected chi connectivity index (χ4v) is 1.34. The first-order valence-electron chi connectivity index (χ1n) is 5.58. The molecule has 0 atom stereocenters. The average molecular weight is 254 g/mol. The minimum absolute atomic E-state index is 0.0489. The second kappa shape index (κ2) is 7.39. The predicted molar refractivity (Wildman–Crippen MR) is 68.3 cm³/mol. The number of nitrogens with one attached hydrogen (secondary N) is 2. The van der Waals surface area contributed by atoms with Gasteiger partial charge in [-0.25, -0.2) is 4.79 Å². The number of aliphatic hydroxyl groups is 1. The van der Waals surface area contributed by atoms with Gasteiger partial charge in [-0.15, -0.1) is 0 Å². The van der Waals surface area contributed by atoms with E-state index in [2.05, 4.69) is 10.6 Å². The molecule has 0 aliphatic rings. The zero-order valence-corrected chi connectivity index (χ0v) is 10.5. The molecule has 0 bridgehead atoms. The van der Waals surface area contributed by atoms with E-state index in [-0.39, 0.29) is 12.6 Å². The summed E-state index contributed by atoms with van der Waals surface area (Å²) in [4.78, 5) is 11.5. The highest BCUT2D eigenvalue weighted by molar-refractivity contribution is 5.89. The van der Waals surface area contributed by atoms with Gasteiger partial charge in [0.25, 0.3) is 0 Å². The molecule has 0 fully saturated rings. The summed E-state index contributed by atoms with van der Waals surface area (Å²) >= 11 is 0. The highest BCUT2D eigenvalue weighted by Gasteiger charge is 2.05. The highest BCUT2D eigenvalue weighted by atomic mass is 16.5. The van der Waals surface area contributed by atoms with Gasteiger partial charge in [0, 0.05) is 37.0 Å². The third-order valence-corrected chi connectivity index (χ3v) is 2.23. The van der Waals surface area contributed by atoms with Crippen molar-refractivity contribution in [2.75, 3.05) is 32.7 Å². The van der Waals surface area contributed by atoms with Crippen molar-refractivity contribution in [3.8, 4) is 11.5 Å². The number of ether oxygens (including phenoxy) is 2. The SMILES string of the molecule is COc1cc(NC(=O)NCCCO)cc(OC)c1. The number of carbonyl (C=O) groups excluding carboxylic acids is 1. The quantitative estimate of drug-likeness (QED) is 0.667. The van der Waals surface area contributed by atoms with E-state index in [4.69, 9.17) is 14.6 Å². The molecule has 3 N–H and O–H groups in total. The highest BCUT2D eigenvalue weighted by Crippen LogP contribution is 2.25. The van der Waals surface area contributed by atoms with Crippen LogP contribution in [-0.2, 0) is 0 Å². The topological polar surface area (TPSA) is 79.8 Å². The molecule has 0 heterocycles. The number of urea groups is 1. The van der Waals surface area contributed by atoms with Crippen LogP contribution in [0.1, 0.15) is 6.42 Å². The Morgan fingerprint density at radius 2 is 1.83 bits per heavy atom. The molecule has 0 unspecified atom stereocenters. The Hall–Kier alpha value is -1.95. The lowest BCUT2D eigenvalue weighted by atomic mass is 10.3. The van der Waals surface area contributed by atoms with Crippen LogP contribution in [0.15, 0.2) is 18.2 Å². The molecule has 6 nitrogen and oxygen atoms in total. The van der Waals surface area contributed by atoms with E-state index >= 15 is 0 Å². The number of hydrogen-bond acceptors (Lipinski definition) is 4. The summed E-state index contributed by atoms with van der Waals surface area (Å²) in [5.41, 5.74) is 0.577. The van der Waals surface area contributed by atoms with E-state index in [9.17, 15) is 4.79 Å². The van der Waals surface area contributed by atoms with Gasteiger partial charge in [0.2, 0.25) is 0 Å². The fraction of sp³-hybridized carbons (Fsp3) is 0.417. The van der Waals surface area contributed by atoms with Gasteiger partial charge in [-0.05, 0) is 6.42 Å². The van der Waals surface area contributed by atoms with Crippen molar-refractivity contribution in [2.45, 2.75) is 6.42 Å². The van der Waals surface area contributed by atoms with Crippen molar-refractivity contribution in [3.05, 3.63) is 18.2 Å². The van der Waals surface area contributed by atoms with Crippen LogP contribution in [0, 0.1) is 0 Å². The van der Waals surface area contributed by atoms with Crippen molar-refractivity contribution in [3.63, 3.8) is 0 Å². The number of benzene rings is 1. The summed E-state index contributed by atoms with van der Waals surface area (Å²) in [6.07, 6.45) is 0.523. The second-order valence-electron chi connectivity index (χ2n) is 3.56. The largest absolute Gasteiger partial charge is 0.497 e. The molecule has 1 rings (SSSR count). The van der Waals surface area contributed by atoms with Crippen molar-refractivity contribution in [2.24, 2.45) is 0 Å². The molecular weight excluding hydrogens is 236 g/mol. The van der Waals surface area contributed by atoms with Crippen LogP contribution in [-0.4, -0.2) is 38.5 Å². The third-order valence-electron chi connectivity index (χ3n) is 2.23. The van der Waals surface area contributed by atoms with Crippen LogP contribution in [0.2, 0.25) is 0 Å². The van der Waals surface area contributed by atoms with Crippen LogP contribution >= 0.6 is 0 Å². The Labute approximate surface area is 106 Å². The Morgan fingerprint density at radius 1 is 1.22 bits per heavy atom. The number of hydrogen-bond donors (Lipinski definition) is 3. The molecule has 0 saturated heterocycles. The summed E-state index contributed by atoms with van der Waals surface area (Å²) in [7, 11) is 3.08. The Kier molecular flexibility index (Phi) is 5.79. The number of amides is 2. The van der Waals surface area contributed by atoms with Crippen LogP contribution in [0.5, 0.6) is 11.5 Å². The molecule has 0 spiro atoms. The molecule has 0 aliphatic carbocycles. The number of aliphatic hydroxyl groups excluding tert-OH is 1. The predicted octanol–water partition coefficient (Wildman–Crippen LogP) is 1.21. The molecule has 1 aromatic rings. The minimum Gasteiger partial charge on any atom is -0.497 e. The van der Waals surface area contributed by atoms with Gasteiger partial charge in [-0.2, -0.15) is 0 Å². The van der Waals surface area contributed by atoms with Crippen molar-refractivity contribution < 1.29 is 19.4 Å². The molecule has 1 aromatic carbocycles. The first-order valence-corrected chi connectivity index (χ1v) is 5.58. The molecule has 0 radical (unpaired) electrons. The Bertz CT molecular complexity index is 373. The molecule has 0 aliphatic heterocycles. The smallest absolute Gasteiger partial charge is 0.319 e. The van der Waals surface area contributed by atoms with Crippen molar-refractivity contribution >= 4 is 11.7 Å². The lowest BCUT2D eigenvalue weighted by Gasteiger charge is -2.10. The summed E-state index contributed by atoms with van der Waals surface area (Å²) < 4.78 is 10.2. The van der Waals surface area contributed by atoms with Crippen LogP contribution < -0.4 is 20.1 Å². The van der Waals surface area contributed by atoms with E-state index in [1.54, 1.807) is 32.4 Å². The molecular formula is C12H18N2O4. The lowest BCUT2D eigenvalue weighted by molar-refractivity contribution is 0.249. The Morgan fingerprint density at radius 3 is 2.33 bits per heavy atom. The molecule has 100 valence electrons. The second-order valence-corrected chi connectivity index (χ2v) is 3.56. The third kappa shape index (κ3) is 4.50. The monoisotopic (exact) mass is 254 g/mol. The van der Waals surface area contributed by atoms with E-state index in [1.165, 1.54) is 0 Å². The van der Waals surface area contributed by atoms with Gasteiger partial charge in [-0.3, -0.25) is 0 Å². The van der Waals surface area contributed by atoms with Crippen LogP contribution in [0.4, 0.5) is 10.5 Å². The number of anilines is 1. The number of methoxy groups -OCH3 is 2. The maximum Gasteiger partial charge on any atom is 0.319 e. The van der Waals surface area contributed by atoms with Crippen molar-refractivity contribution in [1.29, 1.82) is 0 Å². The van der Waals surface area contributed by atoms with Crippen LogP contribution in [0.25, 0.3) is 0 Å². The Balaban J connectivity index is 2.62. The van der Waals surface area contributed by atoms with Gasteiger partial charge in [0.1, 0.15) is 11.5 Å². The maximum absolute atomic E-state index is 11.5. The van der Waals surface area contributed by atoms with Gasteiger partial charge in [0.15, 0.2) is 0 Å². The molecule has 0 aromatic heterocycles. The first-order chi connectivity index (χ1) is 8.69. The standard InChI is InChI=1S/C12H18N2O4/c1-17-10-6-9(7-11(8-10)18-2)14-12(16)13-4-3-5-15/h6-8,15H,3-5H2,1-2H3,(H2,13,14,16). The number of rotatable bonds is 6.